The second-order valence-electron chi connectivity index (χ2n) is 7.90. The first-order valence-corrected chi connectivity index (χ1v) is 12.4. The van der Waals surface area contributed by atoms with E-state index in [0.717, 1.165) is 41.4 Å². The molecule has 1 aromatic carbocycles. The van der Waals surface area contributed by atoms with Crippen molar-refractivity contribution < 1.29 is 9.53 Å². The van der Waals surface area contributed by atoms with Crippen molar-refractivity contribution in [2.45, 2.75) is 65.7 Å². The summed E-state index contributed by atoms with van der Waals surface area (Å²) in [6, 6.07) is 11.7. The van der Waals surface area contributed by atoms with Crippen molar-refractivity contribution >= 4 is 28.1 Å². The fourth-order valence-corrected chi connectivity index (χ4v) is 4.27. The third kappa shape index (κ3) is 6.63. The minimum Gasteiger partial charge on any atom is -0.494 e. The lowest BCUT2D eigenvalue weighted by molar-refractivity contribution is -0.117. The summed E-state index contributed by atoms with van der Waals surface area (Å²) in [5, 5.41) is 2.63. The minimum absolute atomic E-state index is 0.00804. The standard InChI is InChI=1S/C26H33N3O2S/c1-4-6-7-8-9-10-17-31-23-15-13-22(14-16-23)29(25(30)5-2)26-28-24(19-32-26)21-12-11-20(3)27-18-21/h11-16,18-19H,4-10,17H2,1-3H3. The second kappa shape index (κ2) is 12.3. The van der Waals surface area contributed by atoms with E-state index in [1.54, 1.807) is 4.90 Å². The Morgan fingerprint density at radius 2 is 1.75 bits per heavy atom. The van der Waals surface area contributed by atoms with Gasteiger partial charge >= 0.3 is 0 Å². The molecule has 0 saturated heterocycles. The van der Waals surface area contributed by atoms with E-state index in [1.807, 2.05) is 61.8 Å². The number of anilines is 2. The zero-order chi connectivity index (χ0) is 22.8. The van der Waals surface area contributed by atoms with E-state index < -0.39 is 0 Å². The van der Waals surface area contributed by atoms with Crippen LogP contribution >= 0.6 is 11.3 Å². The predicted octanol–water partition coefficient (Wildman–Crippen LogP) is 7.33. The average Bonchev–Trinajstić information content (AvgIpc) is 3.29. The molecular formula is C26H33N3O2S. The Balaban J connectivity index is 1.65. The van der Waals surface area contributed by atoms with Crippen molar-refractivity contribution in [3.8, 4) is 17.0 Å². The van der Waals surface area contributed by atoms with Gasteiger partial charge in [-0.15, -0.1) is 11.3 Å². The van der Waals surface area contributed by atoms with E-state index in [0.29, 0.717) is 11.6 Å². The molecule has 170 valence electrons. The average molecular weight is 452 g/mol. The molecule has 2 aromatic heterocycles. The quantitative estimate of drug-likeness (QED) is 0.271. The molecule has 6 heteroatoms. The van der Waals surface area contributed by atoms with Crippen LogP contribution in [0.1, 0.15) is 64.5 Å². The van der Waals surface area contributed by atoms with Gasteiger partial charge < -0.3 is 4.74 Å². The summed E-state index contributed by atoms with van der Waals surface area (Å²) in [5.41, 5.74) is 3.53. The zero-order valence-electron chi connectivity index (χ0n) is 19.3. The normalized spacial score (nSPS) is 10.8. The van der Waals surface area contributed by atoms with Crippen molar-refractivity contribution in [1.29, 1.82) is 0 Å². The van der Waals surface area contributed by atoms with Crippen molar-refractivity contribution in [2.24, 2.45) is 0 Å². The number of amides is 1. The molecule has 1 amide bonds. The number of hydrogen-bond donors (Lipinski definition) is 0. The molecule has 0 aliphatic rings. The highest BCUT2D eigenvalue weighted by Gasteiger charge is 2.20. The van der Waals surface area contributed by atoms with E-state index in [1.165, 1.54) is 43.4 Å². The van der Waals surface area contributed by atoms with Crippen LogP contribution in [0.3, 0.4) is 0 Å². The first-order chi connectivity index (χ1) is 15.6. The summed E-state index contributed by atoms with van der Waals surface area (Å²) in [6.07, 6.45) is 9.67. The van der Waals surface area contributed by atoms with Gasteiger partial charge in [0.2, 0.25) is 5.91 Å². The van der Waals surface area contributed by atoms with Crippen molar-refractivity contribution in [2.75, 3.05) is 11.5 Å². The third-order valence-electron chi connectivity index (χ3n) is 5.30. The maximum atomic E-state index is 12.8. The summed E-state index contributed by atoms with van der Waals surface area (Å²) in [4.78, 5) is 23.5. The fraction of sp³-hybridized carbons (Fsp3) is 0.423. The topological polar surface area (TPSA) is 55.3 Å². The number of unbranched alkanes of at least 4 members (excludes halogenated alkanes) is 5. The van der Waals surface area contributed by atoms with Gasteiger partial charge in [-0.3, -0.25) is 14.7 Å². The van der Waals surface area contributed by atoms with Gasteiger partial charge in [-0.25, -0.2) is 4.98 Å². The number of pyridine rings is 1. The number of ether oxygens (including phenoxy) is 1. The highest BCUT2D eigenvalue weighted by atomic mass is 32.1. The Labute approximate surface area is 195 Å². The number of aromatic nitrogens is 2. The maximum Gasteiger partial charge on any atom is 0.233 e. The molecule has 0 N–H and O–H groups in total. The third-order valence-corrected chi connectivity index (χ3v) is 6.13. The van der Waals surface area contributed by atoms with E-state index in [9.17, 15) is 4.79 Å². The Bertz CT molecular complexity index is 967. The number of hydrogen-bond acceptors (Lipinski definition) is 5. The SMILES string of the molecule is CCCCCCCCOc1ccc(N(C(=O)CC)c2nc(-c3ccc(C)nc3)cs2)cc1. The molecule has 0 bridgehead atoms. The smallest absolute Gasteiger partial charge is 0.233 e. The summed E-state index contributed by atoms with van der Waals surface area (Å²) >= 11 is 1.46. The largest absolute Gasteiger partial charge is 0.494 e. The van der Waals surface area contributed by atoms with Crippen LogP contribution in [0.4, 0.5) is 10.8 Å². The molecule has 32 heavy (non-hydrogen) atoms. The molecule has 0 aliphatic heterocycles. The molecule has 0 radical (unpaired) electrons. The van der Waals surface area contributed by atoms with Gasteiger partial charge in [0.05, 0.1) is 18.0 Å². The number of nitrogens with zero attached hydrogens (tertiary/aromatic N) is 3. The van der Waals surface area contributed by atoms with Crippen LogP contribution in [0.2, 0.25) is 0 Å². The van der Waals surface area contributed by atoms with Crippen LogP contribution in [-0.2, 0) is 4.79 Å². The molecule has 2 heterocycles. The summed E-state index contributed by atoms with van der Waals surface area (Å²) in [6.45, 7) is 6.78. The molecule has 0 aliphatic carbocycles. The van der Waals surface area contributed by atoms with Gasteiger partial charge in [0.1, 0.15) is 5.75 Å². The summed E-state index contributed by atoms with van der Waals surface area (Å²) in [5.74, 6) is 0.838. The van der Waals surface area contributed by atoms with Crippen molar-refractivity contribution in [1.82, 2.24) is 9.97 Å². The van der Waals surface area contributed by atoms with Crippen LogP contribution in [0, 0.1) is 6.92 Å². The molecule has 5 nitrogen and oxygen atoms in total. The number of carbonyl (C=O) groups excluding carboxylic acids is 1. The maximum absolute atomic E-state index is 12.8. The van der Waals surface area contributed by atoms with Gasteiger partial charge in [0.15, 0.2) is 5.13 Å². The minimum atomic E-state index is 0.00804. The first-order valence-electron chi connectivity index (χ1n) is 11.6. The summed E-state index contributed by atoms with van der Waals surface area (Å²) < 4.78 is 5.89. The monoisotopic (exact) mass is 451 g/mol. The molecular weight excluding hydrogens is 418 g/mol. The number of rotatable bonds is 12. The Morgan fingerprint density at radius 3 is 2.44 bits per heavy atom. The van der Waals surface area contributed by atoms with Gasteiger partial charge in [-0.2, -0.15) is 0 Å². The predicted molar refractivity (Wildman–Crippen MR) is 133 cm³/mol. The highest BCUT2D eigenvalue weighted by molar-refractivity contribution is 7.14. The van der Waals surface area contributed by atoms with Crippen molar-refractivity contribution in [3.63, 3.8) is 0 Å². The molecule has 3 rings (SSSR count). The Morgan fingerprint density at radius 1 is 1.00 bits per heavy atom. The number of aryl methyl sites for hydroxylation is 1. The van der Waals surface area contributed by atoms with E-state index in [4.69, 9.17) is 9.72 Å². The van der Waals surface area contributed by atoms with Crippen LogP contribution in [0.25, 0.3) is 11.3 Å². The Kier molecular flexibility index (Phi) is 9.23. The molecule has 0 spiro atoms. The Hall–Kier alpha value is -2.73. The lowest BCUT2D eigenvalue weighted by atomic mass is 10.1. The van der Waals surface area contributed by atoms with E-state index in [2.05, 4.69) is 11.9 Å². The first kappa shape index (κ1) is 23.9. The molecule has 3 aromatic rings. The molecule has 0 fully saturated rings. The van der Waals surface area contributed by atoms with Gasteiger partial charge in [0, 0.05) is 29.3 Å². The van der Waals surface area contributed by atoms with Crippen LogP contribution in [0.15, 0.2) is 48.0 Å². The second-order valence-corrected chi connectivity index (χ2v) is 8.73. The van der Waals surface area contributed by atoms with Crippen LogP contribution in [0.5, 0.6) is 5.75 Å². The van der Waals surface area contributed by atoms with Crippen LogP contribution < -0.4 is 9.64 Å². The lowest BCUT2D eigenvalue weighted by Gasteiger charge is -2.19. The molecule has 0 atom stereocenters. The fourth-order valence-electron chi connectivity index (χ4n) is 3.40. The van der Waals surface area contributed by atoms with Gasteiger partial charge in [-0.1, -0.05) is 46.0 Å². The molecule has 0 unspecified atom stereocenters. The van der Waals surface area contributed by atoms with E-state index >= 15 is 0 Å². The van der Waals surface area contributed by atoms with Crippen LogP contribution in [-0.4, -0.2) is 22.5 Å². The van der Waals surface area contributed by atoms with Gasteiger partial charge in [0.25, 0.3) is 0 Å². The number of benzene rings is 1. The molecule has 0 saturated carbocycles. The lowest BCUT2D eigenvalue weighted by Crippen LogP contribution is -2.24. The number of carbonyl (C=O) groups is 1. The van der Waals surface area contributed by atoms with Gasteiger partial charge in [-0.05, 0) is 49.7 Å². The zero-order valence-corrected chi connectivity index (χ0v) is 20.2. The summed E-state index contributed by atoms with van der Waals surface area (Å²) in [7, 11) is 0. The van der Waals surface area contributed by atoms with E-state index in [-0.39, 0.29) is 5.91 Å². The highest BCUT2D eigenvalue weighted by Crippen LogP contribution is 2.33. The number of thiazole rings is 1. The van der Waals surface area contributed by atoms with Crippen molar-refractivity contribution in [3.05, 3.63) is 53.7 Å².